The summed E-state index contributed by atoms with van der Waals surface area (Å²) >= 11 is 6.13. The van der Waals surface area contributed by atoms with Crippen molar-refractivity contribution in [1.82, 2.24) is 19.3 Å². The average Bonchev–Trinajstić information content (AvgIpc) is 2.75. The summed E-state index contributed by atoms with van der Waals surface area (Å²) in [6.45, 7) is 13.3. The van der Waals surface area contributed by atoms with Crippen molar-refractivity contribution in [3.05, 3.63) is 11.5 Å². The van der Waals surface area contributed by atoms with Gasteiger partial charge < -0.3 is 4.57 Å². The van der Waals surface area contributed by atoms with Gasteiger partial charge in [0.05, 0.1) is 11.6 Å². The molecule has 0 aromatic carbocycles. The van der Waals surface area contributed by atoms with Crippen LogP contribution in [0.4, 0.5) is 0 Å². The summed E-state index contributed by atoms with van der Waals surface area (Å²) in [5.41, 5.74) is 3.16. The Hall–Kier alpha value is -1.03. The third-order valence-electron chi connectivity index (χ3n) is 3.56. The minimum atomic E-state index is -0.0581. The maximum Gasteiger partial charge on any atom is 0.159 e. The number of nitrogens with zero attached hydrogens (tertiary/aromatic N) is 4. The highest BCUT2D eigenvalue weighted by Crippen LogP contribution is 2.36. The number of hydrogen-bond donors (Lipinski definition) is 0. The fourth-order valence-electron chi connectivity index (χ4n) is 3.42. The van der Waals surface area contributed by atoms with Crippen LogP contribution in [0.2, 0.25) is 0 Å². The first kappa shape index (κ1) is 15.4. The van der Waals surface area contributed by atoms with E-state index in [4.69, 9.17) is 16.6 Å². The number of aryl methyl sites for hydroxylation is 2. The summed E-state index contributed by atoms with van der Waals surface area (Å²) in [6.07, 6.45) is 1.04. The van der Waals surface area contributed by atoms with E-state index in [1.165, 1.54) is 0 Å². The fraction of sp³-hybridized carbons (Fsp3) is 0.733. The smallest absolute Gasteiger partial charge is 0.159 e. The van der Waals surface area contributed by atoms with E-state index in [-0.39, 0.29) is 11.0 Å². The van der Waals surface area contributed by atoms with Gasteiger partial charge in [-0.05, 0) is 32.6 Å². The standard InChI is InChI=1S/C15H25ClN4/c1-10-12-13(19(7)18-10)20(11(8-16)17-12)15(5,6)9-14(2,3)4/h8-9H2,1-7H3. The molecule has 2 aromatic heterocycles. The Balaban J connectivity index is 2.68. The minimum absolute atomic E-state index is 0.0581. The fourth-order valence-corrected chi connectivity index (χ4v) is 3.60. The SMILES string of the molecule is Cc1nn(C)c2c1nc(CCl)n2C(C)(C)CC(C)(C)C. The topological polar surface area (TPSA) is 35.6 Å². The molecule has 0 spiro atoms. The molecule has 0 bridgehead atoms. The van der Waals surface area contributed by atoms with Crippen LogP contribution in [0, 0.1) is 12.3 Å². The van der Waals surface area contributed by atoms with Gasteiger partial charge in [0.25, 0.3) is 0 Å². The molecular weight excluding hydrogens is 272 g/mol. The van der Waals surface area contributed by atoms with Crippen LogP contribution in [-0.2, 0) is 18.5 Å². The van der Waals surface area contributed by atoms with Crippen LogP contribution in [0.25, 0.3) is 11.2 Å². The number of alkyl halides is 1. The average molecular weight is 297 g/mol. The van der Waals surface area contributed by atoms with E-state index in [1.807, 2.05) is 18.7 Å². The van der Waals surface area contributed by atoms with Crippen LogP contribution in [0.15, 0.2) is 0 Å². The van der Waals surface area contributed by atoms with Crippen molar-refractivity contribution in [3.63, 3.8) is 0 Å². The van der Waals surface area contributed by atoms with Gasteiger partial charge in [-0.25, -0.2) is 4.98 Å². The summed E-state index contributed by atoms with van der Waals surface area (Å²) in [5.74, 6) is 1.34. The predicted molar refractivity (Wildman–Crippen MR) is 84.2 cm³/mol. The molecule has 0 radical (unpaired) electrons. The summed E-state index contributed by atoms with van der Waals surface area (Å²) in [6, 6.07) is 0. The Bertz CT molecular complexity index is 628. The molecule has 0 aliphatic heterocycles. The second kappa shape index (κ2) is 4.76. The Morgan fingerprint density at radius 3 is 2.25 bits per heavy atom. The van der Waals surface area contributed by atoms with Crippen LogP contribution in [0.3, 0.4) is 0 Å². The molecular formula is C15H25ClN4. The molecule has 20 heavy (non-hydrogen) atoms. The van der Waals surface area contributed by atoms with E-state index < -0.39 is 0 Å². The van der Waals surface area contributed by atoms with Crippen LogP contribution in [-0.4, -0.2) is 19.3 Å². The van der Waals surface area contributed by atoms with Crippen LogP contribution < -0.4 is 0 Å². The normalized spacial score (nSPS) is 13.4. The van der Waals surface area contributed by atoms with E-state index in [1.54, 1.807) is 0 Å². The van der Waals surface area contributed by atoms with Crippen molar-refractivity contribution in [2.75, 3.05) is 0 Å². The minimum Gasteiger partial charge on any atom is -0.306 e. The summed E-state index contributed by atoms with van der Waals surface area (Å²) in [7, 11) is 1.97. The maximum absolute atomic E-state index is 6.13. The molecule has 2 heterocycles. The van der Waals surface area contributed by atoms with Crippen molar-refractivity contribution in [1.29, 1.82) is 0 Å². The first-order valence-corrected chi connectivity index (χ1v) is 7.57. The Kier molecular flexibility index (Phi) is 3.66. The quantitative estimate of drug-likeness (QED) is 0.803. The van der Waals surface area contributed by atoms with Crippen LogP contribution in [0.1, 0.15) is 52.6 Å². The van der Waals surface area contributed by atoms with Gasteiger partial charge in [0.15, 0.2) is 5.65 Å². The van der Waals surface area contributed by atoms with Crippen molar-refractivity contribution >= 4 is 22.8 Å². The molecule has 112 valence electrons. The Labute approximate surface area is 126 Å². The molecule has 0 fully saturated rings. The van der Waals surface area contributed by atoms with E-state index in [2.05, 4.69) is 44.3 Å². The van der Waals surface area contributed by atoms with Crippen molar-refractivity contribution in [2.24, 2.45) is 12.5 Å². The maximum atomic E-state index is 6.13. The monoisotopic (exact) mass is 296 g/mol. The number of halogens is 1. The highest BCUT2D eigenvalue weighted by atomic mass is 35.5. The number of fused-ring (bicyclic) bond motifs is 1. The summed E-state index contributed by atoms with van der Waals surface area (Å²) in [5, 5.41) is 4.49. The zero-order valence-electron chi connectivity index (χ0n) is 13.6. The lowest BCUT2D eigenvalue weighted by Crippen LogP contribution is -2.33. The van der Waals surface area contributed by atoms with Gasteiger partial charge in [0.1, 0.15) is 11.3 Å². The molecule has 0 atom stereocenters. The lowest BCUT2D eigenvalue weighted by Gasteiger charge is -2.35. The molecule has 0 unspecified atom stereocenters. The van der Waals surface area contributed by atoms with E-state index in [0.717, 1.165) is 29.1 Å². The third-order valence-corrected chi connectivity index (χ3v) is 3.80. The molecule has 0 amide bonds. The van der Waals surface area contributed by atoms with Gasteiger partial charge in [0, 0.05) is 12.6 Å². The molecule has 0 aliphatic rings. The van der Waals surface area contributed by atoms with Gasteiger partial charge in [-0.2, -0.15) is 5.10 Å². The Morgan fingerprint density at radius 1 is 1.15 bits per heavy atom. The van der Waals surface area contributed by atoms with Gasteiger partial charge in [0.2, 0.25) is 0 Å². The molecule has 4 nitrogen and oxygen atoms in total. The molecule has 2 rings (SSSR count). The highest BCUT2D eigenvalue weighted by Gasteiger charge is 2.32. The number of aromatic nitrogens is 4. The second-order valence-electron chi connectivity index (χ2n) is 7.43. The highest BCUT2D eigenvalue weighted by molar-refractivity contribution is 6.16. The molecule has 0 N–H and O–H groups in total. The van der Waals surface area contributed by atoms with Gasteiger partial charge in [-0.3, -0.25) is 4.68 Å². The van der Waals surface area contributed by atoms with Gasteiger partial charge >= 0.3 is 0 Å². The lowest BCUT2D eigenvalue weighted by atomic mass is 9.81. The molecule has 5 heteroatoms. The number of hydrogen-bond acceptors (Lipinski definition) is 2. The van der Waals surface area contributed by atoms with Crippen LogP contribution in [0.5, 0.6) is 0 Å². The van der Waals surface area contributed by atoms with Crippen LogP contribution >= 0.6 is 11.6 Å². The molecule has 0 saturated heterocycles. The summed E-state index contributed by atoms with van der Waals surface area (Å²) in [4.78, 5) is 4.70. The second-order valence-corrected chi connectivity index (χ2v) is 7.70. The van der Waals surface area contributed by atoms with Gasteiger partial charge in [-0.1, -0.05) is 20.8 Å². The zero-order chi connectivity index (χ0) is 15.3. The van der Waals surface area contributed by atoms with Crippen molar-refractivity contribution in [2.45, 2.75) is 59.4 Å². The van der Waals surface area contributed by atoms with E-state index in [9.17, 15) is 0 Å². The number of imidazole rings is 1. The van der Waals surface area contributed by atoms with Gasteiger partial charge in [-0.15, -0.1) is 11.6 Å². The van der Waals surface area contributed by atoms with Crippen molar-refractivity contribution < 1.29 is 0 Å². The molecule has 0 saturated carbocycles. The molecule has 0 aliphatic carbocycles. The first-order valence-electron chi connectivity index (χ1n) is 7.04. The first-order chi connectivity index (χ1) is 9.07. The Morgan fingerprint density at radius 2 is 1.75 bits per heavy atom. The zero-order valence-corrected chi connectivity index (χ0v) is 14.3. The predicted octanol–water partition coefficient (Wildman–Crippen LogP) is 3.99. The number of rotatable bonds is 3. The largest absolute Gasteiger partial charge is 0.306 e. The van der Waals surface area contributed by atoms with E-state index >= 15 is 0 Å². The van der Waals surface area contributed by atoms with E-state index in [0.29, 0.717) is 5.88 Å². The molecule has 2 aromatic rings. The lowest BCUT2D eigenvalue weighted by molar-refractivity contribution is 0.214. The van der Waals surface area contributed by atoms with Crippen molar-refractivity contribution in [3.8, 4) is 0 Å². The third kappa shape index (κ3) is 2.58. The summed E-state index contributed by atoms with van der Waals surface area (Å²) < 4.78 is 4.18.